The molecule has 0 spiro atoms. The molecule has 0 aliphatic carbocycles. The minimum Gasteiger partial charge on any atom is -0.399 e. The molecule has 18 heavy (non-hydrogen) atoms. The fraction of sp³-hybridized carbons (Fsp3) is 0.643. The summed E-state index contributed by atoms with van der Waals surface area (Å²) in [7, 11) is 2.19. The van der Waals surface area contributed by atoms with Gasteiger partial charge in [0.2, 0.25) is 0 Å². The topological polar surface area (TPSA) is 45.4 Å². The average molecular weight is 248 g/mol. The van der Waals surface area contributed by atoms with E-state index in [1.165, 1.54) is 32.5 Å². The molecule has 0 radical (unpaired) electrons. The van der Waals surface area contributed by atoms with E-state index in [2.05, 4.69) is 28.8 Å². The first-order valence-electron chi connectivity index (χ1n) is 6.82. The predicted molar refractivity (Wildman–Crippen MR) is 75.3 cm³/mol. The Bertz CT molecular complexity index is 372. The van der Waals surface area contributed by atoms with E-state index in [1.807, 2.05) is 12.1 Å². The minimum atomic E-state index is 0.677. The lowest BCUT2D eigenvalue weighted by atomic mass is 10.0. The van der Waals surface area contributed by atoms with E-state index in [0.717, 1.165) is 17.9 Å². The van der Waals surface area contributed by atoms with Crippen molar-refractivity contribution in [3.63, 3.8) is 0 Å². The van der Waals surface area contributed by atoms with E-state index in [-0.39, 0.29) is 0 Å². The van der Waals surface area contributed by atoms with Crippen LogP contribution in [0.4, 0.5) is 5.69 Å². The number of hydrogen-bond donors (Lipinski definition) is 1. The van der Waals surface area contributed by atoms with E-state index in [4.69, 9.17) is 5.73 Å². The number of rotatable bonds is 4. The molecule has 1 saturated heterocycles. The number of hydrogen-bond acceptors (Lipinski definition) is 4. The monoisotopic (exact) mass is 248 g/mol. The maximum atomic E-state index is 5.78. The third-order valence-corrected chi connectivity index (χ3v) is 3.88. The van der Waals surface area contributed by atoms with Crippen LogP contribution < -0.4 is 5.73 Å². The van der Waals surface area contributed by atoms with Gasteiger partial charge in [-0.1, -0.05) is 6.92 Å². The third kappa shape index (κ3) is 3.43. The minimum absolute atomic E-state index is 0.677. The Hall–Kier alpha value is -1.13. The van der Waals surface area contributed by atoms with Crippen molar-refractivity contribution in [1.29, 1.82) is 0 Å². The number of anilines is 1. The van der Waals surface area contributed by atoms with E-state index in [0.29, 0.717) is 6.04 Å². The first-order valence-corrected chi connectivity index (χ1v) is 6.82. The summed E-state index contributed by atoms with van der Waals surface area (Å²) in [5, 5.41) is 0. The number of piperidine rings is 1. The number of nitrogen functional groups attached to an aromatic ring is 1. The first kappa shape index (κ1) is 13.3. The molecule has 2 N–H and O–H groups in total. The molecule has 2 rings (SSSR count). The van der Waals surface area contributed by atoms with Crippen molar-refractivity contribution in [2.24, 2.45) is 0 Å². The Morgan fingerprint density at radius 3 is 2.78 bits per heavy atom. The predicted octanol–water partition coefficient (Wildman–Crippen LogP) is 1.58. The second kappa shape index (κ2) is 6.16. The van der Waals surface area contributed by atoms with Crippen LogP contribution in [0.1, 0.15) is 25.5 Å². The molecule has 100 valence electrons. The molecular weight excluding hydrogens is 224 g/mol. The van der Waals surface area contributed by atoms with Gasteiger partial charge in [-0.05, 0) is 51.7 Å². The fourth-order valence-electron chi connectivity index (χ4n) is 2.64. The molecule has 0 amide bonds. The molecule has 4 nitrogen and oxygen atoms in total. The Labute approximate surface area is 110 Å². The summed E-state index contributed by atoms with van der Waals surface area (Å²) in [5.74, 6) is 0. The Kier molecular flexibility index (Phi) is 4.55. The van der Waals surface area contributed by atoms with Gasteiger partial charge in [0.15, 0.2) is 0 Å². The van der Waals surface area contributed by atoms with Crippen molar-refractivity contribution in [3.8, 4) is 0 Å². The molecule has 0 aromatic carbocycles. The molecule has 1 aromatic rings. The molecule has 0 atom stereocenters. The largest absolute Gasteiger partial charge is 0.399 e. The van der Waals surface area contributed by atoms with Gasteiger partial charge in [0.25, 0.3) is 0 Å². The summed E-state index contributed by atoms with van der Waals surface area (Å²) in [6.45, 7) is 6.74. The van der Waals surface area contributed by atoms with Crippen LogP contribution in [0.3, 0.4) is 0 Å². The molecule has 0 bridgehead atoms. The lowest BCUT2D eigenvalue weighted by Crippen LogP contribution is -2.43. The molecule has 1 aliphatic heterocycles. The summed E-state index contributed by atoms with van der Waals surface area (Å²) in [6.07, 6.45) is 4.30. The number of aromatic nitrogens is 1. The number of pyridine rings is 1. The molecule has 2 heterocycles. The second-order valence-electron chi connectivity index (χ2n) is 5.16. The summed E-state index contributed by atoms with van der Waals surface area (Å²) in [4.78, 5) is 9.30. The van der Waals surface area contributed by atoms with Crippen molar-refractivity contribution in [1.82, 2.24) is 14.8 Å². The third-order valence-electron chi connectivity index (χ3n) is 3.88. The smallest absolute Gasteiger partial charge is 0.0564 e. The van der Waals surface area contributed by atoms with Crippen LogP contribution >= 0.6 is 0 Å². The highest BCUT2D eigenvalue weighted by Crippen LogP contribution is 2.17. The Balaban J connectivity index is 1.87. The van der Waals surface area contributed by atoms with Gasteiger partial charge in [0, 0.05) is 24.5 Å². The molecule has 1 aromatic heterocycles. The van der Waals surface area contributed by atoms with Gasteiger partial charge in [-0.25, -0.2) is 0 Å². The fourth-order valence-corrected chi connectivity index (χ4v) is 2.64. The SMILES string of the molecule is CCN1CCC(N(C)Cc2cc(N)ccn2)CC1. The van der Waals surface area contributed by atoms with Gasteiger partial charge in [-0.3, -0.25) is 9.88 Å². The number of nitrogens with two attached hydrogens (primary N) is 1. The highest BCUT2D eigenvalue weighted by Gasteiger charge is 2.21. The van der Waals surface area contributed by atoms with Gasteiger partial charge in [0.05, 0.1) is 5.69 Å². The molecule has 4 heteroatoms. The average Bonchev–Trinajstić information content (AvgIpc) is 2.39. The van der Waals surface area contributed by atoms with Crippen molar-refractivity contribution in [2.75, 3.05) is 32.4 Å². The normalized spacial score (nSPS) is 18.4. The number of nitrogens with zero attached hydrogens (tertiary/aromatic N) is 3. The van der Waals surface area contributed by atoms with Crippen molar-refractivity contribution in [2.45, 2.75) is 32.4 Å². The van der Waals surface area contributed by atoms with Crippen LogP contribution in [0.15, 0.2) is 18.3 Å². The van der Waals surface area contributed by atoms with Crippen molar-refractivity contribution in [3.05, 3.63) is 24.0 Å². The Morgan fingerprint density at radius 2 is 2.17 bits per heavy atom. The summed E-state index contributed by atoms with van der Waals surface area (Å²) in [5.41, 5.74) is 7.65. The van der Waals surface area contributed by atoms with Crippen LogP contribution in [-0.2, 0) is 6.54 Å². The molecule has 0 unspecified atom stereocenters. The van der Waals surface area contributed by atoms with E-state index in [9.17, 15) is 0 Å². The van der Waals surface area contributed by atoms with Crippen LogP contribution in [0.25, 0.3) is 0 Å². The maximum absolute atomic E-state index is 5.78. The van der Waals surface area contributed by atoms with Gasteiger partial charge in [-0.15, -0.1) is 0 Å². The van der Waals surface area contributed by atoms with Gasteiger partial charge in [0.1, 0.15) is 0 Å². The highest BCUT2D eigenvalue weighted by atomic mass is 15.2. The van der Waals surface area contributed by atoms with E-state index < -0.39 is 0 Å². The van der Waals surface area contributed by atoms with Gasteiger partial charge >= 0.3 is 0 Å². The summed E-state index contributed by atoms with van der Waals surface area (Å²) in [6, 6.07) is 4.48. The molecular formula is C14H24N4. The maximum Gasteiger partial charge on any atom is 0.0564 e. The lowest BCUT2D eigenvalue weighted by Gasteiger charge is -2.36. The van der Waals surface area contributed by atoms with Gasteiger partial charge in [-0.2, -0.15) is 0 Å². The standard InChI is InChI=1S/C14H24N4/c1-3-18-8-5-14(6-9-18)17(2)11-13-10-12(15)4-7-16-13/h4,7,10,14H,3,5-6,8-9,11H2,1-2H3,(H2,15,16). The zero-order valence-electron chi connectivity index (χ0n) is 11.5. The van der Waals surface area contributed by atoms with Crippen LogP contribution in [0, 0.1) is 0 Å². The summed E-state index contributed by atoms with van der Waals surface area (Å²) >= 11 is 0. The van der Waals surface area contributed by atoms with E-state index in [1.54, 1.807) is 6.20 Å². The zero-order valence-corrected chi connectivity index (χ0v) is 11.5. The molecule has 0 saturated carbocycles. The van der Waals surface area contributed by atoms with Gasteiger partial charge < -0.3 is 10.6 Å². The quantitative estimate of drug-likeness (QED) is 0.878. The van der Waals surface area contributed by atoms with E-state index >= 15 is 0 Å². The first-order chi connectivity index (χ1) is 8.69. The van der Waals surface area contributed by atoms with Crippen LogP contribution in [-0.4, -0.2) is 47.5 Å². The van der Waals surface area contributed by atoms with Crippen LogP contribution in [0.5, 0.6) is 0 Å². The molecule has 1 aliphatic rings. The lowest BCUT2D eigenvalue weighted by molar-refractivity contribution is 0.126. The van der Waals surface area contributed by atoms with Crippen LogP contribution in [0.2, 0.25) is 0 Å². The van der Waals surface area contributed by atoms with Crippen molar-refractivity contribution >= 4 is 5.69 Å². The second-order valence-corrected chi connectivity index (χ2v) is 5.16. The summed E-state index contributed by atoms with van der Waals surface area (Å²) < 4.78 is 0. The molecule has 1 fully saturated rings. The highest BCUT2D eigenvalue weighted by molar-refractivity contribution is 5.37. The van der Waals surface area contributed by atoms with Crippen molar-refractivity contribution < 1.29 is 0 Å². The zero-order chi connectivity index (χ0) is 13.0. The number of likely N-dealkylation sites (tertiary alicyclic amines) is 1. The Morgan fingerprint density at radius 1 is 1.44 bits per heavy atom.